The molecule has 0 aromatic carbocycles. The number of esters is 1. The van der Waals surface area contributed by atoms with Crippen LogP contribution in [-0.4, -0.2) is 52.7 Å². The lowest BCUT2D eigenvalue weighted by molar-refractivity contribution is -0.166. The number of carbonyl (C=O) groups excluding carboxylic acids is 3. The van der Waals surface area contributed by atoms with E-state index in [1.165, 1.54) is 13.0 Å². The number of Topliss-reactive ketones (excluding diaryl/α,β-unsaturated/α-hetero) is 1. The predicted molar refractivity (Wildman–Crippen MR) is 111 cm³/mol. The lowest BCUT2D eigenvalue weighted by Gasteiger charge is -2.56. The maximum atomic E-state index is 15.5. The molecule has 168 valence electrons. The molecular weight excluding hydrogens is 471 g/mol. The maximum Gasteiger partial charge on any atom is 0.303 e. The first kappa shape index (κ1) is 21.5. The van der Waals surface area contributed by atoms with E-state index in [9.17, 15) is 19.5 Å². The van der Waals surface area contributed by atoms with Crippen molar-refractivity contribution in [2.45, 2.75) is 69.9 Å². The van der Waals surface area contributed by atoms with E-state index >= 15 is 4.39 Å². The second kappa shape index (κ2) is 6.35. The van der Waals surface area contributed by atoms with Crippen molar-refractivity contribution in [2.24, 2.45) is 22.7 Å². The van der Waals surface area contributed by atoms with E-state index in [1.807, 2.05) is 13.8 Å². The van der Waals surface area contributed by atoms with Crippen LogP contribution in [-0.2, 0) is 23.9 Å². The molecule has 0 aromatic rings. The zero-order valence-electron chi connectivity index (χ0n) is 17.7. The summed E-state index contributed by atoms with van der Waals surface area (Å²) < 4.78 is 27.1. The predicted octanol–water partition coefficient (Wildman–Crippen LogP) is 2.96. The van der Waals surface area contributed by atoms with Crippen molar-refractivity contribution in [3.05, 3.63) is 22.2 Å². The molecule has 0 bridgehead atoms. The number of hydrogen-bond donors (Lipinski definition) is 1. The second-order valence-corrected chi connectivity index (χ2v) is 11.1. The SMILES string of the molecule is CC(=O)OCC(=O)[C@@]1(O)CC[C@H]2C3C[C@@H](F)C4=CC(=O)C(Br)=C[C@]4(C)C34OC4C[C@@]21C. The van der Waals surface area contributed by atoms with Gasteiger partial charge in [-0.2, -0.15) is 0 Å². The van der Waals surface area contributed by atoms with Gasteiger partial charge in [-0.25, -0.2) is 4.39 Å². The van der Waals surface area contributed by atoms with Crippen molar-refractivity contribution < 1.29 is 33.4 Å². The van der Waals surface area contributed by atoms with Crippen molar-refractivity contribution in [1.29, 1.82) is 0 Å². The van der Waals surface area contributed by atoms with E-state index in [0.717, 1.165) is 0 Å². The van der Waals surface area contributed by atoms with Crippen LogP contribution in [0.25, 0.3) is 0 Å². The molecule has 31 heavy (non-hydrogen) atoms. The lowest BCUT2D eigenvalue weighted by atomic mass is 9.46. The Kier molecular flexibility index (Phi) is 4.40. The van der Waals surface area contributed by atoms with E-state index < -0.39 is 46.6 Å². The lowest BCUT2D eigenvalue weighted by Crippen LogP contribution is -2.62. The van der Waals surface area contributed by atoms with E-state index in [0.29, 0.717) is 22.9 Å². The number of allylic oxidation sites excluding steroid dienone is 2. The van der Waals surface area contributed by atoms with Gasteiger partial charge in [-0.3, -0.25) is 14.4 Å². The van der Waals surface area contributed by atoms with Gasteiger partial charge in [0.05, 0.1) is 10.6 Å². The Hall–Kier alpha value is -1.38. The first-order valence-corrected chi connectivity index (χ1v) is 11.6. The highest BCUT2D eigenvalue weighted by molar-refractivity contribution is 9.12. The van der Waals surface area contributed by atoms with Gasteiger partial charge >= 0.3 is 5.97 Å². The van der Waals surface area contributed by atoms with Crippen molar-refractivity contribution in [2.75, 3.05) is 6.61 Å². The Morgan fingerprint density at radius 2 is 2.06 bits per heavy atom. The van der Waals surface area contributed by atoms with Gasteiger partial charge in [0, 0.05) is 17.8 Å². The minimum Gasteiger partial charge on any atom is -0.458 e. The fraction of sp³-hybridized carbons (Fsp3) is 0.696. The van der Waals surface area contributed by atoms with Crippen LogP contribution in [0.2, 0.25) is 0 Å². The topological polar surface area (TPSA) is 93.2 Å². The Morgan fingerprint density at radius 1 is 1.35 bits per heavy atom. The van der Waals surface area contributed by atoms with Gasteiger partial charge in [0.1, 0.15) is 17.4 Å². The molecule has 5 aliphatic rings. The first-order valence-electron chi connectivity index (χ1n) is 10.8. The maximum absolute atomic E-state index is 15.5. The third-order valence-electron chi connectivity index (χ3n) is 9.00. The molecule has 6 nitrogen and oxygen atoms in total. The van der Waals surface area contributed by atoms with Gasteiger partial charge in [-0.15, -0.1) is 0 Å². The standard InChI is InChI=1S/C23H26BrFO6/c1-11(26)30-10-18(28)22(29)5-4-12-13-6-16(25)14-7-17(27)15(24)8-21(14,3)23(13)19(31-23)9-20(12,22)2/h7-8,12-13,16,19,29H,4-6,9-10H2,1-3H3/t12-,13?,16+,19?,20-,21-,22-,23?/m0/s1. The number of halogens is 2. The molecule has 8 heteroatoms. The van der Waals surface area contributed by atoms with Crippen LogP contribution in [0.4, 0.5) is 4.39 Å². The van der Waals surface area contributed by atoms with E-state index in [4.69, 9.17) is 9.47 Å². The monoisotopic (exact) mass is 496 g/mol. The van der Waals surface area contributed by atoms with Crippen molar-refractivity contribution in [3.8, 4) is 0 Å². The molecule has 8 atom stereocenters. The average molecular weight is 497 g/mol. The number of carbonyl (C=O) groups is 3. The molecule has 4 aliphatic carbocycles. The van der Waals surface area contributed by atoms with E-state index in [1.54, 1.807) is 6.08 Å². The summed E-state index contributed by atoms with van der Waals surface area (Å²) in [5.41, 5.74) is -3.40. The Bertz CT molecular complexity index is 975. The molecule has 1 N–H and O–H groups in total. The summed E-state index contributed by atoms with van der Waals surface area (Å²) in [7, 11) is 0. The van der Waals surface area contributed by atoms with Crippen molar-refractivity contribution >= 4 is 33.5 Å². The number of hydrogen-bond acceptors (Lipinski definition) is 6. The van der Waals surface area contributed by atoms with Crippen LogP contribution in [0.15, 0.2) is 22.2 Å². The highest BCUT2D eigenvalue weighted by Gasteiger charge is 2.82. The molecule has 5 rings (SSSR count). The quantitative estimate of drug-likeness (QED) is 0.476. The summed E-state index contributed by atoms with van der Waals surface area (Å²) in [6.45, 7) is 4.57. The van der Waals surface area contributed by atoms with Crippen LogP contribution in [0.5, 0.6) is 0 Å². The van der Waals surface area contributed by atoms with E-state index in [2.05, 4.69) is 15.9 Å². The van der Waals surface area contributed by atoms with Gasteiger partial charge in [-0.05, 0) is 72.0 Å². The summed E-state index contributed by atoms with van der Waals surface area (Å²) in [4.78, 5) is 36.3. The minimum absolute atomic E-state index is 0.126. The summed E-state index contributed by atoms with van der Waals surface area (Å²) in [5.74, 6) is -1.65. The highest BCUT2D eigenvalue weighted by Crippen LogP contribution is 2.76. The molecule has 1 heterocycles. The Balaban J connectivity index is 1.53. The molecule has 1 spiro atoms. The van der Waals surface area contributed by atoms with Crippen LogP contribution in [0, 0.1) is 22.7 Å². The first-order chi connectivity index (χ1) is 14.4. The third kappa shape index (κ3) is 2.47. The highest BCUT2D eigenvalue weighted by atomic mass is 79.9. The molecule has 3 saturated carbocycles. The molecule has 0 radical (unpaired) electrons. The zero-order valence-corrected chi connectivity index (χ0v) is 19.3. The van der Waals surface area contributed by atoms with Crippen molar-refractivity contribution in [3.63, 3.8) is 0 Å². The minimum atomic E-state index is -1.65. The number of ketones is 2. The molecular formula is C23H26BrFO6. The van der Waals surface area contributed by atoms with Gasteiger partial charge in [0.25, 0.3) is 0 Å². The van der Waals surface area contributed by atoms with Crippen LogP contribution < -0.4 is 0 Å². The third-order valence-corrected chi connectivity index (χ3v) is 9.62. The number of aliphatic hydroxyl groups is 1. The molecule has 0 amide bonds. The number of epoxide rings is 1. The average Bonchev–Trinajstić information content (AvgIpc) is 3.35. The number of fused-ring (bicyclic) bond motifs is 3. The summed E-state index contributed by atoms with van der Waals surface area (Å²) >= 11 is 3.33. The van der Waals surface area contributed by atoms with Gasteiger partial charge in [0.15, 0.2) is 12.4 Å². The van der Waals surface area contributed by atoms with Gasteiger partial charge < -0.3 is 14.6 Å². The largest absolute Gasteiger partial charge is 0.458 e. The summed E-state index contributed by atoms with van der Waals surface area (Å²) in [5, 5.41) is 11.5. The molecule has 1 aliphatic heterocycles. The number of ether oxygens (including phenoxy) is 2. The molecule has 0 aromatic heterocycles. The van der Waals surface area contributed by atoms with Crippen LogP contribution >= 0.6 is 15.9 Å². The van der Waals surface area contributed by atoms with Gasteiger partial charge in [0.2, 0.25) is 5.78 Å². The summed E-state index contributed by atoms with van der Waals surface area (Å²) in [6.07, 6.45) is 3.11. The second-order valence-electron chi connectivity index (χ2n) is 10.2. The van der Waals surface area contributed by atoms with E-state index in [-0.39, 0.29) is 36.6 Å². The Labute approximate surface area is 188 Å². The van der Waals surface area contributed by atoms with Crippen LogP contribution in [0.1, 0.15) is 46.5 Å². The molecule has 3 unspecified atom stereocenters. The van der Waals surface area contributed by atoms with Crippen LogP contribution in [0.3, 0.4) is 0 Å². The zero-order chi connectivity index (χ0) is 22.6. The van der Waals surface area contributed by atoms with Gasteiger partial charge in [-0.1, -0.05) is 13.0 Å². The Morgan fingerprint density at radius 3 is 2.74 bits per heavy atom. The summed E-state index contributed by atoms with van der Waals surface area (Å²) in [6, 6.07) is 0. The smallest absolute Gasteiger partial charge is 0.303 e. The van der Waals surface area contributed by atoms with Crippen molar-refractivity contribution in [1.82, 2.24) is 0 Å². The number of rotatable bonds is 3. The normalized spacial score (nSPS) is 49.7. The molecule has 4 fully saturated rings. The fourth-order valence-electron chi connectivity index (χ4n) is 7.44. The fourth-order valence-corrected chi connectivity index (χ4v) is 8.02. The number of alkyl halides is 1. The molecule has 1 saturated heterocycles.